The second-order valence-corrected chi connectivity index (χ2v) is 6.03. The van der Waals surface area contributed by atoms with Crippen molar-refractivity contribution >= 4 is 28.6 Å². The van der Waals surface area contributed by atoms with Crippen molar-refractivity contribution in [2.24, 2.45) is 5.10 Å². The first kappa shape index (κ1) is 16.7. The molecule has 4 heteroatoms. The van der Waals surface area contributed by atoms with Crippen LogP contribution in [0.1, 0.15) is 16.7 Å². The molecule has 25 heavy (non-hydrogen) atoms. The van der Waals surface area contributed by atoms with Crippen molar-refractivity contribution in [1.29, 1.82) is 0 Å². The molecule has 3 aromatic rings. The first-order chi connectivity index (χ1) is 12.1. The lowest BCUT2D eigenvalue weighted by atomic mass is 10.1. The van der Waals surface area contributed by atoms with Crippen LogP contribution >= 0.6 is 0 Å². The molecule has 0 spiro atoms. The topological polar surface area (TPSA) is 53.5 Å². The lowest BCUT2D eigenvalue weighted by Gasteiger charge is -2.09. The molecule has 0 bridgehead atoms. The molecular formula is C21H21N3O. The highest BCUT2D eigenvalue weighted by Crippen LogP contribution is 2.17. The summed E-state index contributed by atoms with van der Waals surface area (Å²) >= 11 is 0. The van der Waals surface area contributed by atoms with E-state index < -0.39 is 0 Å². The molecule has 0 unspecified atom stereocenters. The highest BCUT2D eigenvalue weighted by molar-refractivity contribution is 6.00. The summed E-state index contributed by atoms with van der Waals surface area (Å²) < 4.78 is 0. The number of amides is 1. The fourth-order valence-electron chi connectivity index (χ4n) is 2.76. The maximum absolute atomic E-state index is 12.0. The van der Waals surface area contributed by atoms with E-state index in [4.69, 9.17) is 0 Å². The van der Waals surface area contributed by atoms with Crippen LogP contribution < -0.4 is 10.7 Å². The third kappa shape index (κ3) is 4.23. The Kier molecular flexibility index (Phi) is 5.09. The Bertz CT molecular complexity index is 926. The minimum Gasteiger partial charge on any atom is -0.376 e. The van der Waals surface area contributed by atoms with Crippen molar-refractivity contribution in [2.45, 2.75) is 13.8 Å². The van der Waals surface area contributed by atoms with E-state index in [0.29, 0.717) is 0 Å². The van der Waals surface area contributed by atoms with E-state index in [1.807, 2.05) is 56.3 Å². The molecular weight excluding hydrogens is 310 g/mol. The van der Waals surface area contributed by atoms with E-state index in [1.54, 1.807) is 6.21 Å². The Labute approximate surface area is 147 Å². The fraction of sp³-hybridized carbons (Fsp3) is 0.143. The van der Waals surface area contributed by atoms with Gasteiger partial charge in [-0.1, -0.05) is 60.2 Å². The second-order valence-electron chi connectivity index (χ2n) is 6.03. The standard InChI is InChI=1S/C21H21N3O/c1-15-10-11-20(16(2)12-15)22-14-21(25)24-23-13-18-8-5-7-17-6-3-4-9-19(17)18/h3-13,22H,14H2,1-2H3,(H,24,25)/b23-13-. The number of aryl methyl sites for hydroxylation is 2. The molecule has 0 radical (unpaired) electrons. The number of anilines is 1. The first-order valence-electron chi connectivity index (χ1n) is 8.24. The van der Waals surface area contributed by atoms with Gasteiger partial charge in [-0.2, -0.15) is 5.10 Å². The Balaban J connectivity index is 1.59. The van der Waals surface area contributed by atoms with E-state index in [1.165, 1.54) is 5.56 Å². The summed E-state index contributed by atoms with van der Waals surface area (Å²) in [5.74, 6) is -0.184. The van der Waals surface area contributed by atoms with Crippen LogP contribution in [0.5, 0.6) is 0 Å². The zero-order chi connectivity index (χ0) is 17.6. The summed E-state index contributed by atoms with van der Waals surface area (Å²) in [6, 6.07) is 20.2. The van der Waals surface area contributed by atoms with Crippen molar-refractivity contribution in [3.63, 3.8) is 0 Å². The van der Waals surface area contributed by atoms with E-state index in [0.717, 1.165) is 27.6 Å². The molecule has 2 N–H and O–H groups in total. The van der Waals surface area contributed by atoms with Gasteiger partial charge in [-0.15, -0.1) is 0 Å². The molecule has 0 aliphatic heterocycles. The van der Waals surface area contributed by atoms with E-state index in [-0.39, 0.29) is 12.5 Å². The van der Waals surface area contributed by atoms with Crippen LogP contribution in [0.25, 0.3) is 10.8 Å². The number of carbonyl (C=O) groups excluding carboxylic acids is 1. The normalized spacial score (nSPS) is 11.0. The van der Waals surface area contributed by atoms with Crippen LogP contribution in [-0.2, 0) is 4.79 Å². The fourth-order valence-corrected chi connectivity index (χ4v) is 2.76. The Morgan fingerprint density at radius 2 is 1.84 bits per heavy atom. The molecule has 3 rings (SSSR count). The molecule has 3 aromatic carbocycles. The molecule has 0 aliphatic rings. The van der Waals surface area contributed by atoms with Gasteiger partial charge in [-0.05, 0) is 36.2 Å². The van der Waals surface area contributed by atoms with Gasteiger partial charge >= 0.3 is 0 Å². The number of benzene rings is 3. The number of fused-ring (bicyclic) bond motifs is 1. The quantitative estimate of drug-likeness (QED) is 0.548. The predicted octanol–water partition coefficient (Wildman–Crippen LogP) is 4.02. The van der Waals surface area contributed by atoms with E-state index >= 15 is 0 Å². The third-order valence-corrected chi connectivity index (χ3v) is 4.04. The molecule has 126 valence electrons. The van der Waals surface area contributed by atoms with Crippen molar-refractivity contribution < 1.29 is 4.79 Å². The van der Waals surface area contributed by atoms with Crippen molar-refractivity contribution in [1.82, 2.24) is 5.43 Å². The number of hydrogen-bond acceptors (Lipinski definition) is 3. The SMILES string of the molecule is Cc1ccc(NCC(=O)N/N=C\c2cccc3ccccc23)c(C)c1. The minimum atomic E-state index is -0.184. The second kappa shape index (κ2) is 7.62. The summed E-state index contributed by atoms with van der Waals surface area (Å²) in [4.78, 5) is 12.0. The van der Waals surface area contributed by atoms with E-state index in [2.05, 4.69) is 34.0 Å². The predicted molar refractivity (Wildman–Crippen MR) is 104 cm³/mol. The van der Waals surface area contributed by atoms with Crippen LogP contribution in [-0.4, -0.2) is 18.7 Å². The van der Waals surface area contributed by atoms with E-state index in [9.17, 15) is 4.79 Å². The molecule has 0 atom stereocenters. The summed E-state index contributed by atoms with van der Waals surface area (Å²) in [6.07, 6.45) is 1.68. The Hall–Kier alpha value is -3.14. The molecule has 1 amide bonds. The van der Waals surface area contributed by atoms with Gasteiger partial charge in [0.25, 0.3) is 5.91 Å². The van der Waals surface area contributed by atoms with Crippen molar-refractivity contribution in [3.05, 3.63) is 77.4 Å². The zero-order valence-electron chi connectivity index (χ0n) is 14.4. The maximum atomic E-state index is 12.0. The Morgan fingerprint density at radius 3 is 2.68 bits per heavy atom. The summed E-state index contributed by atoms with van der Waals surface area (Å²) in [5.41, 5.74) is 6.81. The van der Waals surface area contributed by atoms with Crippen LogP contribution in [0.3, 0.4) is 0 Å². The summed E-state index contributed by atoms with van der Waals surface area (Å²) in [5, 5.41) is 9.46. The number of carbonyl (C=O) groups is 1. The van der Waals surface area contributed by atoms with Gasteiger partial charge < -0.3 is 5.32 Å². The number of hydrogen-bond donors (Lipinski definition) is 2. The lowest BCUT2D eigenvalue weighted by molar-refractivity contribution is -0.119. The van der Waals surface area contributed by atoms with Crippen LogP contribution in [0.2, 0.25) is 0 Å². The minimum absolute atomic E-state index is 0.177. The zero-order valence-corrected chi connectivity index (χ0v) is 14.4. The van der Waals surface area contributed by atoms with Crippen LogP contribution in [0, 0.1) is 13.8 Å². The first-order valence-corrected chi connectivity index (χ1v) is 8.24. The van der Waals surface area contributed by atoms with Gasteiger partial charge in [0.2, 0.25) is 0 Å². The summed E-state index contributed by atoms with van der Waals surface area (Å²) in [7, 11) is 0. The Morgan fingerprint density at radius 1 is 1.04 bits per heavy atom. The van der Waals surface area contributed by atoms with Gasteiger partial charge in [0.15, 0.2) is 0 Å². The molecule has 0 saturated heterocycles. The number of hydrazone groups is 1. The molecule has 0 aromatic heterocycles. The molecule has 0 saturated carbocycles. The van der Waals surface area contributed by atoms with Gasteiger partial charge in [0.1, 0.15) is 0 Å². The van der Waals surface area contributed by atoms with Crippen molar-refractivity contribution in [2.75, 3.05) is 11.9 Å². The summed E-state index contributed by atoms with van der Waals surface area (Å²) in [6.45, 7) is 4.24. The highest BCUT2D eigenvalue weighted by Gasteiger charge is 2.02. The number of rotatable bonds is 5. The average Bonchev–Trinajstić information content (AvgIpc) is 2.61. The highest BCUT2D eigenvalue weighted by atomic mass is 16.2. The number of nitrogens with one attached hydrogen (secondary N) is 2. The molecule has 0 aliphatic carbocycles. The average molecular weight is 331 g/mol. The smallest absolute Gasteiger partial charge is 0.259 e. The van der Waals surface area contributed by atoms with Gasteiger partial charge in [-0.3, -0.25) is 4.79 Å². The molecule has 0 heterocycles. The largest absolute Gasteiger partial charge is 0.376 e. The van der Waals surface area contributed by atoms with Gasteiger partial charge in [0.05, 0.1) is 12.8 Å². The van der Waals surface area contributed by atoms with Crippen LogP contribution in [0.4, 0.5) is 5.69 Å². The monoisotopic (exact) mass is 331 g/mol. The number of nitrogens with zero attached hydrogens (tertiary/aromatic N) is 1. The maximum Gasteiger partial charge on any atom is 0.259 e. The van der Waals surface area contributed by atoms with Gasteiger partial charge in [-0.25, -0.2) is 5.43 Å². The van der Waals surface area contributed by atoms with Gasteiger partial charge in [0, 0.05) is 11.3 Å². The van der Waals surface area contributed by atoms with Crippen molar-refractivity contribution in [3.8, 4) is 0 Å². The molecule has 4 nitrogen and oxygen atoms in total. The lowest BCUT2D eigenvalue weighted by Crippen LogP contribution is -2.26. The molecule has 0 fully saturated rings. The third-order valence-electron chi connectivity index (χ3n) is 4.04. The van der Waals surface area contributed by atoms with Crippen LogP contribution in [0.15, 0.2) is 65.8 Å².